The van der Waals surface area contributed by atoms with Gasteiger partial charge in [0.1, 0.15) is 24.2 Å². The summed E-state index contributed by atoms with van der Waals surface area (Å²) < 4.78 is 11.3. The number of para-hydroxylation sites is 2. The second-order valence-electron chi connectivity index (χ2n) is 7.43. The van der Waals surface area contributed by atoms with Crippen LogP contribution in [0.4, 0.5) is 5.69 Å². The summed E-state index contributed by atoms with van der Waals surface area (Å²) in [6, 6.07) is 22.4. The molecule has 0 bridgehead atoms. The van der Waals surface area contributed by atoms with Crippen molar-refractivity contribution in [2.24, 2.45) is 0 Å². The van der Waals surface area contributed by atoms with Crippen LogP contribution in [0.2, 0.25) is 0 Å². The monoisotopic (exact) mass is 392 g/mol. The lowest BCUT2D eigenvalue weighted by atomic mass is 10.1. The van der Waals surface area contributed by atoms with Crippen molar-refractivity contribution in [1.29, 1.82) is 0 Å². The average molecular weight is 392 g/mol. The number of aliphatic hydroxyl groups excluding tert-OH is 1. The highest BCUT2D eigenvalue weighted by Gasteiger charge is 2.21. The van der Waals surface area contributed by atoms with Crippen LogP contribution in [0.5, 0.6) is 11.5 Å². The third kappa shape index (κ3) is 4.81. The minimum atomic E-state index is -0.515. The third-order valence-electron chi connectivity index (χ3n) is 5.43. The molecule has 1 heterocycles. The fourth-order valence-electron chi connectivity index (χ4n) is 3.86. The predicted molar refractivity (Wildman–Crippen MR) is 117 cm³/mol. The first-order chi connectivity index (χ1) is 14.2. The van der Waals surface area contributed by atoms with Gasteiger partial charge in [-0.15, -0.1) is 0 Å². The highest BCUT2D eigenvalue weighted by atomic mass is 16.5. The van der Waals surface area contributed by atoms with Crippen LogP contribution in [0.3, 0.4) is 0 Å². The summed E-state index contributed by atoms with van der Waals surface area (Å²) in [5, 5.41) is 12.8. The second kappa shape index (κ2) is 9.16. The first kappa shape index (κ1) is 19.6. The van der Waals surface area contributed by atoms with E-state index in [9.17, 15) is 5.11 Å². The number of piperazine rings is 1. The Morgan fingerprint density at radius 2 is 1.62 bits per heavy atom. The van der Waals surface area contributed by atoms with Crippen molar-refractivity contribution in [2.75, 3.05) is 51.3 Å². The SMILES string of the molecule is COc1ccccc1N1CCN(CC(O)COc2ccc3ccccc3c2)CC1. The Kier molecular flexibility index (Phi) is 6.17. The van der Waals surface area contributed by atoms with Crippen molar-refractivity contribution in [1.82, 2.24) is 4.90 Å². The van der Waals surface area contributed by atoms with Crippen molar-refractivity contribution in [3.8, 4) is 11.5 Å². The van der Waals surface area contributed by atoms with Crippen molar-refractivity contribution < 1.29 is 14.6 Å². The summed E-state index contributed by atoms with van der Waals surface area (Å²) >= 11 is 0. The Bertz CT molecular complexity index is 938. The van der Waals surface area contributed by atoms with Crippen molar-refractivity contribution in [2.45, 2.75) is 6.10 Å². The van der Waals surface area contributed by atoms with Gasteiger partial charge in [0.05, 0.1) is 12.8 Å². The summed E-state index contributed by atoms with van der Waals surface area (Å²) in [6.07, 6.45) is -0.515. The highest BCUT2D eigenvalue weighted by molar-refractivity contribution is 5.83. The van der Waals surface area contributed by atoms with Crippen LogP contribution >= 0.6 is 0 Å². The lowest BCUT2D eigenvalue weighted by Gasteiger charge is -2.37. The number of aliphatic hydroxyl groups is 1. The maximum Gasteiger partial charge on any atom is 0.142 e. The molecule has 0 radical (unpaired) electrons. The highest BCUT2D eigenvalue weighted by Crippen LogP contribution is 2.28. The molecule has 0 aromatic heterocycles. The number of methoxy groups -OCH3 is 1. The number of anilines is 1. The quantitative estimate of drug-likeness (QED) is 0.668. The molecule has 4 rings (SSSR count). The number of rotatable bonds is 7. The molecule has 3 aromatic carbocycles. The normalized spacial score (nSPS) is 16.0. The summed E-state index contributed by atoms with van der Waals surface area (Å²) in [5.74, 6) is 1.70. The van der Waals surface area contributed by atoms with Gasteiger partial charge in [-0.3, -0.25) is 4.90 Å². The van der Waals surface area contributed by atoms with Crippen molar-refractivity contribution in [3.63, 3.8) is 0 Å². The molecular weight excluding hydrogens is 364 g/mol. The predicted octanol–water partition coefficient (Wildman–Crippen LogP) is 3.41. The fraction of sp³-hybridized carbons (Fsp3) is 0.333. The molecule has 0 amide bonds. The van der Waals surface area contributed by atoms with E-state index in [0.717, 1.165) is 48.8 Å². The molecule has 3 aromatic rings. The number of benzene rings is 3. The van der Waals surface area contributed by atoms with E-state index in [1.54, 1.807) is 7.11 Å². The Morgan fingerprint density at radius 1 is 0.897 bits per heavy atom. The van der Waals surface area contributed by atoms with Crippen LogP contribution in [0, 0.1) is 0 Å². The van der Waals surface area contributed by atoms with Crippen molar-refractivity contribution in [3.05, 3.63) is 66.7 Å². The minimum Gasteiger partial charge on any atom is -0.495 e. The molecule has 1 saturated heterocycles. The molecule has 0 spiro atoms. The van der Waals surface area contributed by atoms with E-state index in [-0.39, 0.29) is 0 Å². The van der Waals surface area contributed by atoms with Crippen molar-refractivity contribution >= 4 is 16.5 Å². The molecule has 1 aliphatic heterocycles. The van der Waals surface area contributed by atoms with E-state index in [1.165, 1.54) is 5.39 Å². The molecule has 29 heavy (non-hydrogen) atoms. The first-order valence-electron chi connectivity index (χ1n) is 10.1. The fourth-order valence-corrected chi connectivity index (χ4v) is 3.86. The molecule has 5 heteroatoms. The Balaban J connectivity index is 1.25. The summed E-state index contributed by atoms with van der Waals surface area (Å²) in [7, 11) is 1.71. The van der Waals surface area contributed by atoms with Crippen LogP contribution in [0.1, 0.15) is 0 Å². The van der Waals surface area contributed by atoms with E-state index in [0.29, 0.717) is 13.2 Å². The smallest absolute Gasteiger partial charge is 0.142 e. The van der Waals surface area contributed by atoms with Crippen LogP contribution in [-0.4, -0.2) is 62.6 Å². The van der Waals surface area contributed by atoms with Crippen LogP contribution < -0.4 is 14.4 Å². The van der Waals surface area contributed by atoms with E-state index < -0.39 is 6.10 Å². The lowest BCUT2D eigenvalue weighted by molar-refractivity contribution is 0.0663. The molecular formula is C24H28N2O3. The van der Waals surface area contributed by atoms with Gasteiger partial charge in [0.15, 0.2) is 0 Å². The van der Waals surface area contributed by atoms with Crippen LogP contribution in [0.15, 0.2) is 66.7 Å². The zero-order valence-corrected chi connectivity index (χ0v) is 16.8. The van der Waals surface area contributed by atoms with Gasteiger partial charge in [-0.25, -0.2) is 0 Å². The lowest BCUT2D eigenvalue weighted by Crippen LogP contribution is -2.49. The van der Waals surface area contributed by atoms with E-state index >= 15 is 0 Å². The molecule has 0 aliphatic carbocycles. The number of nitrogens with zero attached hydrogens (tertiary/aromatic N) is 2. The van der Waals surface area contributed by atoms with Gasteiger partial charge in [0.2, 0.25) is 0 Å². The minimum absolute atomic E-state index is 0.297. The first-order valence-corrected chi connectivity index (χ1v) is 10.1. The Morgan fingerprint density at radius 3 is 2.41 bits per heavy atom. The van der Waals surface area contributed by atoms with Crippen LogP contribution in [-0.2, 0) is 0 Å². The zero-order chi connectivity index (χ0) is 20.1. The molecule has 1 unspecified atom stereocenters. The van der Waals surface area contributed by atoms with E-state index in [2.05, 4.69) is 28.0 Å². The average Bonchev–Trinajstić information content (AvgIpc) is 2.78. The van der Waals surface area contributed by atoms with E-state index in [1.807, 2.05) is 48.5 Å². The molecule has 1 atom stereocenters. The molecule has 1 N–H and O–H groups in total. The number of hydrogen-bond donors (Lipinski definition) is 1. The second-order valence-corrected chi connectivity index (χ2v) is 7.43. The largest absolute Gasteiger partial charge is 0.495 e. The standard InChI is InChI=1S/C24H28N2O3/c1-28-24-9-5-4-8-23(24)26-14-12-25(13-15-26)17-21(27)18-29-22-11-10-19-6-2-3-7-20(19)16-22/h2-11,16,21,27H,12-15,17-18H2,1H3. The topological polar surface area (TPSA) is 45.2 Å². The molecule has 1 aliphatic rings. The molecule has 1 fully saturated rings. The molecule has 5 nitrogen and oxygen atoms in total. The van der Waals surface area contributed by atoms with Gasteiger partial charge >= 0.3 is 0 Å². The Labute approximate surface area is 172 Å². The summed E-state index contributed by atoms with van der Waals surface area (Å²) in [4.78, 5) is 4.63. The summed E-state index contributed by atoms with van der Waals surface area (Å²) in [5.41, 5.74) is 1.13. The summed E-state index contributed by atoms with van der Waals surface area (Å²) in [6.45, 7) is 4.56. The maximum atomic E-state index is 10.4. The number of β-amino-alcohol motifs (C(OH)–C–C–N with tert-alkyl or cyclic N) is 1. The number of fused-ring (bicyclic) bond motifs is 1. The van der Waals surface area contributed by atoms with Gasteiger partial charge in [0, 0.05) is 32.7 Å². The van der Waals surface area contributed by atoms with Gasteiger partial charge in [0.25, 0.3) is 0 Å². The molecule has 152 valence electrons. The maximum absolute atomic E-state index is 10.4. The Hall–Kier alpha value is -2.76. The van der Waals surface area contributed by atoms with Gasteiger partial charge in [-0.2, -0.15) is 0 Å². The third-order valence-corrected chi connectivity index (χ3v) is 5.43. The van der Waals surface area contributed by atoms with Crippen LogP contribution in [0.25, 0.3) is 10.8 Å². The molecule has 0 saturated carbocycles. The number of hydrogen-bond acceptors (Lipinski definition) is 5. The van der Waals surface area contributed by atoms with Gasteiger partial charge in [-0.1, -0.05) is 42.5 Å². The van der Waals surface area contributed by atoms with Gasteiger partial charge < -0.3 is 19.5 Å². The van der Waals surface area contributed by atoms with Gasteiger partial charge in [-0.05, 0) is 35.0 Å². The number of ether oxygens (including phenoxy) is 2. The van der Waals surface area contributed by atoms with E-state index in [4.69, 9.17) is 9.47 Å². The zero-order valence-electron chi connectivity index (χ0n) is 16.8.